The van der Waals surface area contributed by atoms with Gasteiger partial charge in [0.1, 0.15) is 23.7 Å². The van der Waals surface area contributed by atoms with E-state index in [2.05, 4.69) is 10.6 Å². The molecule has 2 aromatic carbocycles. The Bertz CT molecular complexity index is 1120. The first-order chi connectivity index (χ1) is 15.4. The second-order valence-electron chi connectivity index (χ2n) is 9.33. The summed E-state index contributed by atoms with van der Waals surface area (Å²) in [6, 6.07) is 19.7. The number of fused-ring (bicyclic) bond motifs is 1. The summed E-state index contributed by atoms with van der Waals surface area (Å²) < 4.78 is 13.4. The molecule has 3 atom stereocenters. The first-order valence-electron chi connectivity index (χ1n) is 11.0. The van der Waals surface area contributed by atoms with Gasteiger partial charge in [0.2, 0.25) is 5.91 Å². The zero-order valence-electron chi connectivity index (χ0n) is 18.5. The van der Waals surface area contributed by atoms with Gasteiger partial charge in [-0.25, -0.2) is 4.68 Å². The predicted molar refractivity (Wildman–Crippen MR) is 123 cm³/mol. The number of ether oxygens (including phenoxy) is 2. The number of piperidine rings is 1. The van der Waals surface area contributed by atoms with Crippen molar-refractivity contribution < 1.29 is 14.3 Å². The Kier molecular flexibility index (Phi) is 5.23. The number of aromatic nitrogens is 2. The zero-order chi connectivity index (χ0) is 22.3. The third-order valence-corrected chi connectivity index (χ3v) is 5.55. The Morgan fingerprint density at radius 1 is 1.16 bits per heavy atom. The largest absolute Gasteiger partial charge is 0.488 e. The monoisotopic (exact) mass is 432 g/mol. The highest BCUT2D eigenvalue weighted by Crippen LogP contribution is 2.32. The quantitative estimate of drug-likeness (QED) is 0.596. The molecule has 2 saturated heterocycles. The molecule has 0 spiro atoms. The van der Waals surface area contributed by atoms with Crippen LogP contribution in [0.3, 0.4) is 0 Å². The van der Waals surface area contributed by atoms with Crippen molar-refractivity contribution in [3.05, 3.63) is 60.7 Å². The van der Waals surface area contributed by atoms with Gasteiger partial charge >= 0.3 is 0 Å². The maximum absolute atomic E-state index is 12.9. The molecule has 7 heteroatoms. The number of para-hydroxylation sites is 1. The highest BCUT2D eigenvalue weighted by molar-refractivity contribution is 5.92. The fourth-order valence-corrected chi connectivity index (χ4v) is 4.04. The third kappa shape index (κ3) is 4.54. The van der Waals surface area contributed by atoms with Gasteiger partial charge in [0.15, 0.2) is 5.82 Å². The van der Waals surface area contributed by atoms with E-state index in [0.717, 1.165) is 29.1 Å². The van der Waals surface area contributed by atoms with Crippen molar-refractivity contribution >= 4 is 11.7 Å². The van der Waals surface area contributed by atoms with Crippen molar-refractivity contribution in [3.63, 3.8) is 0 Å². The molecule has 2 aliphatic rings. The first kappa shape index (κ1) is 20.7. The third-order valence-electron chi connectivity index (χ3n) is 5.55. The Hall–Kier alpha value is -3.16. The van der Waals surface area contributed by atoms with Crippen molar-refractivity contribution in [1.29, 1.82) is 0 Å². The maximum atomic E-state index is 12.9. The van der Waals surface area contributed by atoms with E-state index in [1.54, 1.807) is 0 Å². The molecule has 0 aliphatic carbocycles. The Morgan fingerprint density at radius 2 is 1.97 bits per heavy atom. The summed E-state index contributed by atoms with van der Waals surface area (Å²) in [5.74, 6) is 1.14. The number of hydrogen-bond donors (Lipinski definition) is 2. The van der Waals surface area contributed by atoms with Crippen LogP contribution in [-0.4, -0.2) is 40.2 Å². The summed E-state index contributed by atoms with van der Waals surface area (Å²) in [4.78, 5) is 12.9. The minimum Gasteiger partial charge on any atom is -0.488 e. The fraction of sp³-hybridized carbons (Fsp3) is 0.360. The van der Waals surface area contributed by atoms with Gasteiger partial charge in [-0.3, -0.25) is 10.1 Å². The van der Waals surface area contributed by atoms with Gasteiger partial charge in [-0.2, -0.15) is 0 Å². The number of nitrogens with one attached hydrogen (secondary N) is 2. The number of hydrogen-bond acceptors (Lipinski definition) is 5. The molecular formula is C25H28N4O3. The molecular weight excluding hydrogens is 404 g/mol. The van der Waals surface area contributed by atoms with E-state index >= 15 is 0 Å². The van der Waals surface area contributed by atoms with Gasteiger partial charge in [-0.05, 0) is 51.5 Å². The van der Waals surface area contributed by atoms with Gasteiger partial charge in [-0.1, -0.05) is 30.3 Å². The minimum atomic E-state index is -0.296. The van der Waals surface area contributed by atoms with Crippen LogP contribution in [0.5, 0.6) is 5.75 Å². The second-order valence-corrected chi connectivity index (χ2v) is 9.33. The molecule has 5 rings (SSSR count). The molecule has 0 saturated carbocycles. The lowest BCUT2D eigenvalue weighted by molar-refractivity contribution is -0.120. The number of rotatable bonds is 5. The van der Waals surface area contributed by atoms with E-state index in [1.807, 2.05) is 86.1 Å². The van der Waals surface area contributed by atoms with Gasteiger partial charge < -0.3 is 14.8 Å². The topological polar surface area (TPSA) is 80.7 Å². The zero-order valence-corrected chi connectivity index (χ0v) is 18.5. The number of carbonyl (C=O) groups is 1. The molecule has 166 valence electrons. The lowest BCUT2D eigenvalue weighted by Crippen LogP contribution is -2.39. The van der Waals surface area contributed by atoms with E-state index in [-0.39, 0.29) is 29.8 Å². The van der Waals surface area contributed by atoms with Crippen LogP contribution in [-0.2, 0) is 9.53 Å². The van der Waals surface area contributed by atoms with Crippen LogP contribution in [0.2, 0.25) is 0 Å². The molecule has 0 bridgehead atoms. The lowest BCUT2D eigenvalue weighted by atomic mass is 9.99. The van der Waals surface area contributed by atoms with Crippen molar-refractivity contribution in [2.45, 2.75) is 45.1 Å². The second kappa shape index (κ2) is 8.07. The number of anilines is 1. The first-order valence-corrected chi connectivity index (χ1v) is 11.0. The van der Waals surface area contributed by atoms with Crippen LogP contribution in [0.25, 0.3) is 16.9 Å². The van der Waals surface area contributed by atoms with E-state index in [1.165, 1.54) is 0 Å². The van der Waals surface area contributed by atoms with Crippen LogP contribution in [0.1, 0.15) is 27.2 Å². The van der Waals surface area contributed by atoms with E-state index < -0.39 is 0 Å². The molecule has 3 aromatic rings. The molecule has 7 nitrogen and oxygen atoms in total. The van der Waals surface area contributed by atoms with E-state index in [4.69, 9.17) is 14.6 Å². The number of benzene rings is 2. The van der Waals surface area contributed by atoms with Crippen molar-refractivity contribution in [2.75, 3.05) is 11.9 Å². The van der Waals surface area contributed by atoms with Crippen molar-refractivity contribution in [1.82, 2.24) is 15.1 Å². The smallest absolute Gasteiger partial charge is 0.230 e. The fourth-order valence-electron chi connectivity index (χ4n) is 4.04. The highest BCUT2D eigenvalue weighted by atomic mass is 16.6. The van der Waals surface area contributed by atoms with Crippen molar-refractivity contribution in [3.8, 4) is 22.7 Å². The number of carbonyl (C=O) groups excluding carboxylic acids is 1. The number of nitrogens with zero attached hydrogens (tertiary/aromatic N) is 2. The van der Waals surface area contributed by atoms with Gasteiger partial charge in [0, 0.05) is 18.2 Å². The Balaban J connectivity index is 1.45. The summed E-state index contributed by atoms with van der Waals surface area (Å²) in [6.07, 6.45) is 1.02. The molecule has 32 heavy (non-hydrogen) atoms. The molecule has 2 aliphatic heterocycles. The molecule has 1 amide bonds. The summed E-state index contributed by atoms with van der Waals surface area (Å²) in [5.41, 5.74) is 2.45. The molecule has 3 heterocycles. The SMILES string of the molecule is CC(C)(C)Oc1cccc(-c2cc(NC(=O)[C@@H]3CNC4OC4C3)nn2-c2ccccc2)c1. The standard InChI is InChI=1S/C25H28N4O3/c1-25(2,3)32-19-11-7-8-16(12-19)20-14-22(28-29(20)18-9-5-4-6-10-18)27-23(30)17-13-21-24(31-21)26-15-17/h4-12,14,17,21,24,26H,13,15H2,1-3H3,(H,27,28,30)/t17-,21?,24?/m0/s1. The Morgan fingerprint density at radius 3 is 2.72 bits per heavy atom. The molecule has 1 aromatic heterocycles. The van der Waals surface area contributed by atoms with Crippen LogP contribution in [0.15, 0.2) is 60.7 Å². The minimum absolute atomic E-state index is 0.0412. The van der Waals surface area contributed by atoms with E-state index in [0.29, 0.717) is 12.4 Å². The molecule has 2 fully saturated rings. The maximum Gasteiger partial charge on any atom is 0.230 e. The molecule has 2 unspecified atom stereocenters. The van der Waals surface area contributed by atoms with Crippen LogP contribution in [0, 0.1) is 5.92 Å². The van der Waals surface area contributed by atoms with Gasteiger partial charge in [0.25, 0.3) is 0 Å². The summed E-state index contributed by atoms with van der Waals surface area (Å²) in [5, 5.41) is 11.0. The van der Waals surface area contributed by atoms with Gasteiger partial charge in [0.05, 0.1) is 17.3 Å². The van der Waals surface area contributed by atoms with Gasteiger partial charge in [-0.15, -0.1) is 5.10 Å². The van der Waals surface area contributed by atoms with Crippen LogP contribution in [0.4, 0.5) is 5.82 Å². The molecule has 0 radical (unpaired) electrons. The average Bonchev–Trinajstić information content (AvgIpc) is 3.43. The molecule has 2 N–H and O–H groups in total. The Labute approximate surface area is 187 Å². The van der Waals surface area contributed by atoms with Crippen molar-refractivity contribution in [2.24, 2.45) is 5.92 Å². The van der Waals surface area contributed by atoms with Crippen LogP contribution >= 0.6 is 0 Å². The highest BCUT2D eigenvalue weighted by Gasteiger charge is 2.45. The average molecular weight is 433 g/mol. The van der Waals surface area contributed by atoms with Crippen LogP contribution < -0.4 is 15.4 Å². The lowest BCUT2D eigenvalue weighted by Gasteiger charge is -2.21. The summed E-state index contributed by atoms with van der Waals surface area (Å²) >= 11 is 0. The summed E-state index contributed by atoms with van der Waals surface area (Å²) in [7, 11) is 0. The number of epoxide rings is 1. The predicted octanol–water partition coefficient (Wildman–Crippen LogP) is 3.99. The normalized spacial score (nSPS) is 22.2. The summed E-state index contributed by atoms with van der Waals surface area (Å²) in [6.45, 7) is 6.69. The van der Waals surface area contributed by atoms with E-state index in [9.17, 15) is 4.79 Å². The number of amides is 1.